The Balaban J connectivity index is 2.25. The summed E-state index contributed by atoms with van der Waals surface area (Å²) in [6, 6.07) is 9.01. The summed E-state index contributed by atoms with van der Waals surface area (Å²) in [7, 11) is 0. The third-order valence-electron chi connectivity index (χ3n) is 2.94. The first-order valence-electron chi connectivity index (χ1n) is 5.86. The molecule has 1 saturated heterocycles. The van der Waals surface area contributed by atoms with Gasteiger partial charge in [0.25, 0.3) is 5.91 Å². The van der Waals surface area contributed by atoms with Crippen LogP contribution < -0.4 is 10.6 Å². The van der Waals surface area contributed by atoms with E-state index in [4.69, 9.17) is 15.7 Å². The number of amides is 1. The van der Waals surface area contributed by atoms with Crippen molar-refractivity contribution in [2.24, 2.45) is 5.73 Å². The Morgan fingerprint density at radius 3 is 2.78 bits per heavy atom. The highest BCUT2D eigenvalue weighted by molar-refractivity contribution is 5.95. The van der Waals surface area contributed by atoms with Gasteiger partial charge in [-0.05, 0) is 37.2 Å². The molecule has 0 aromatic heterocycles. The summed E-state index contributed by atoms with van der Waals surface area (Å²) >= 11 is 0. The number of carbonyl (C=O) groups is 1. The molecule has 18 heavy (non-hydrogen) atoms. The van der Waals surface area contributed by atoms with Gasteiger partial charge in [-0.15, -0.1) is 0 Å². The number of morpholine rings is 1. The van der Waals surface area contributed by atoms with Gasteiger partial charge in [0, 0.05) is 5.69 Å². The summed E-state index contributed by atoms with van der Waals surface area (Å²) in [6.07, 6.45) is 0.700. The standard InChI is InChI=1S/C13H15N3O2/c14-6-5-12-8-18-9-13(17)16(12)11-3-1-10(7-15)2-4-11/h1-4,12H,5-6,8-9,14H2. The van der Waals surface area contributed by atoms with Crippen molar-refractivity contribution in [1.29, 1.82) is 5.26 Å². The summed E-state index contributed by atoms with van der Waals surface area (Å²) in [5.41, 5.74) is 6.93. The molecule has 1 heterocycles. The lowest BCUT2D eigenvalue weighted by Gasteiger charge is -2.35. The predicted molar refractivity (Wildman–Crippen MR) is 66.9 cm³/mol. The van der Waals surface area contributed by atoms with Crippen LogP contribution in [0.4, 0.5) is 5.69 Å². The van der Waals surface area contributed by atoms with Crippen LogP contribution in [-0.4, -0.2) is 31.7 Å². The minimum atomic E-state index is -0.0654. The number of hydrogen-bond acceptors (Lipinski definition) is 4. The molecule has 0 aliphatic carbocycles. The summed E-state index contributed by atoms with van der Waals surface area (Å²) in [4.78, 5) is 13.6. The number of benzene rings is 1. The van der Waals surface area contributed by atoms with Gasteiger partial charge < -0.3 is 15.4 Å². The first-order chi connectivity index (χ1) is 8.76. The molecule has 0 bridgehead atoms. The first-order valence-corrected chi connectivity index (χ1v) is 5.86. The zero-order valence-corrected chi connectivity index (χ0v) is 10.0. The molecule has 2 rings (SSSR count). The van der Waals surface area contributed by atoms with Crippen molar-refractivity contribution in [2.75, 3.05) is 24.7 Å². The van der Waals surface area contributed by atoms with Crippen molar-refractivity contribution in [3.05, 3.63) is 29.8 Å². The minimum Gasteiger partial charge on any atom is -0.369 e. The number of anilines is 1. The number of nitrogens with two attached hydrogens (primary N) is 1. The molecule has 5 nitrogen and oxygen atoms in total. The van der Waals surface area contributed by atoms with Crippen molar-refractivity contribution >= 4 is 11.6 Å². The Labute approximate surface area is 106 Å². The molecule has 1 fully saturated rings. The van der Waals surface area contributed by atoms with Crippen LogP contribution in [0.15, 0.2) is 24.3 Å². The molecule has 1 atom stereocenters. The van der Waals surface area contributed by atoms with E-state index < -0.39 is 0 Å². The fourth-order valence-corrected chi connectivity index (χ4v) is 2.09. The molecule has 0 saturated carbocycles. The maximum absolute atomic E-state index is 11.9. The minimum absolute atomic E-state index is 0.0239. The third kappa shape index (κ3) is 2.50. The van der Waals surface area contributed by atoms with Crippen LogP contribution in [0.5, 0.6) is 0 Å². The monoisotopic (exact) mass is 245 g/mol. The molecular weight excluding hydrogens is 230 g/mol. The Hall–Kier alpha value is -1.90. The van der Waals surface area contributed by atoms with Gasteiger partial charge in [0.05, 0.1) is 24.3 Å². The zero-order valence-electron chi connectivity index (χ0n) is 10.0. The lowest BCUT2D eigenvalue weighted by molar-refractivity contribution is -0.127. The highest BCUT2D eigenvalue weighted by atomic mass is 16.5. The fraction of sp³-hybridized carbons (Fsp3) is 0.385. The van der Waals surface area contributed by atoms with Crippen molar-refractivity contribution in [3.63, 3.8) is 0 Å². The Morgan fingerprint density at radius 1 is 1.44 bits per heavy atom. The van der Waals surface area contributed by atoms with Crippen LogP contribution >= 0.6 is 0 Å². The Morgan fingerprint density at radius 2 is 2.17 bits per heavy atom. The molecule has 2 N–H and O–H groups in total. The van der Waals surface area contributed by atoms with E-state index in [2.05, 4.69) is 6.07 Å². The van der Waals surface area contributed by atoms with Crippen molar-refractivity contribution in [3.8, 4) is 6.07 Å². The van der Waals surface area contributed by atoms with E-state index in [0.717, 1.165) is 5.69 Å². The molecule has 1 amide bonds. The van der Waals surface area contributed by atoms with E-state index in [1.807, 2.05) is 0 Å². The average molecular weight is 245 g/mol. The molecule has 1 aliphatic rings. The quantitative estimate of drug-likeness (QED) is 0.847. The highest BCUT2D eigenvalue weighted by Gasteiger charge is 2.29. The topological polar surface area (TPSA) is 79.3 Å². The summed E-state index contributed by atoms with van der Waals surface area (Å²) in [5, 5.41) is 8.76. The van der Waals surface area contributed by atoms with Gasteiger partial charge in [-0.2, -0.15) is 5.26 Å². The second-order valence-electron chi connectivity index (χ2n) is 4.17. The number of rotatable bonds is 3. The molecule has 94 valence electrons. The average Bonchev–Trinajstić information content (AvgIpc) is 2.40. The number of ether oxygens (including phenoxy) is 1. The maximum atomic E-state index is 11.9. The normalized spacial score (nSPS) is 19.7. The number of carbonyl (C=O) groups excluding carboxylic acids is 1. The van der Waals surface area contributed by atoms with Crippen LogP contribution in [0.2, 0.25) is 0 Å². The van der Waals surface area contributed by atoms with Crippen LogP contribution in [0, 0.1) is 11.3 Å². The van der Waals surface area contributed by atoms with Gasteiger partial charge in [-0.25, -0.2) is 0 Å². The maximum Gasteiger partial charge on any atom is 0.253 e. The van der Waals surface area contributed by atoms with Crippen LogP contribution in [-0.2, 0) is 9.53 Å². The van der Waals surface area contributed by atoms with Crippen LogP contribution in [0.25, 0.3) is 0 Å². The third-order valence-corrected chi connectivity index (χ3v) is 2.94. The Bertz CT molecular complexity index is 462. The first kappa shape index (κ1) is 12.6. The van der Waals surface area contributed by atoms with E-state index in [-0.39, 0.29) is 18.6 Å². The molecule has 1 unspecified atom stereocenters. The zero-order chi connectivity index (χ0) is 13.0. The Kier molecular flexibility index (Phi) is 3.92. The van der Waals surface area contributed by atoms with E-state index >= 15 is 0 Å². The predicted octanol–water partition coefficient (Wildman–Crippen LogP) is 0.639. The highest BCUT2D eigenvalue weighted by Crippen LogP contribution is 2.22. The van der Waals surface area contributed by atoms with Gasteiger partial charge in [0.2, 0.25) is 0 Å². The van der Waals surface area contributed by atoms with E-state index in [0.29, 0.717) is 25.1 Å². The largest absolute Gasteiger partial charge is 0.369 e. The van der Waals surface area contributed by atoms with Gasteiger partial charge in [-0.1, -0.05) is 0 Å². The van der Waals surface area contributed by atoms with E-state index in [9.17, 15) is 4.79 Å². The van der Waals surface area contributed by atoms with E-state index in [1.165, 1.54) is 0 Å². The van der Waals surface area contributed by atoms with Gasteiger partial charge >= 0.3 is 0 Å². The smallest absolute Gasteiger partial charge is 0.253 e. The SMILES string of the molecule is N#Cc1ccc(N2C(=O)COCC2CCN)cc1. The molecular formula is C13H15N3O2. The molecule has 1 aromatic carbocycles. The van der Waals surface area contributed by atoms with Gasteiger partial charge in [0.1, 0.15) is 6.61 Å². The second-order valence-corrected chi connectivity index (χ2v) is 4.17. The second kappa shape index (κ2) is 5.63. The lowest BCUT2D eigenvalue weighted by atomic mass is 10.1. The van der Waals surface area contributed by atoms with Crippen molar-refractivity contribution < 1.29 is 9.53 Å². The summed E-state index contributed by atoms with van der Waals surface area (Å²) in [5.74, 6) is -0.0654. The number of hydrogen-bond donors (Lipinski definition) is 1. The summed E-state index contributed by atoms with van der Waals surface area (Å²) in [6.45, 7) is 1.11. The number of nitriles is 1. The van der Waals surface area contributed by atoms with E-state index in [1.54, 1.807) is 29.2 Å². The molecule has 1 aromatic rings. The van der Waals surface area contributed by atoms with Crippen molar-refractivity contribution in [1.82, 2.24) is 0 Å². The molecule has 1 aliphatic heterocycles. The molecule has 0 spiro atoms. The van der Waals surface area contributed by atoms with Crippen LogP contribution in [0.3, 0.4) is 0 Å². The molecule has 5 heteroatoms. The number of nitrogens with zero attached hydrogens (tertiary/aromatic N) is 2. The van der Waals surface area contributed by atoms with Crippen LogP contribution in [0.1, 0.15) is 12.0 Å². The van der Waals surface area contributed by atoms with Gasteiger partial charge in [-0.3, -0.25) is 4.79 Å². The van der Waals surface area contributed by atoms with Gasteiger partial charge in [0.15, 0.2) is 0 Å². The summed E-state index contributed by atoms with van der Waals surface area (Å²) < 4.78 is 5.24. The lowest BCUT2D eigenvalue weighted by Crippen LogP contribution is -2.50. The molecule has 0 radical (unpaired) electrons. The fourth-order valence-electron chi connectivity index (χ4n) is 2.09. The van der Waals surface area contributed by atoms with Crippen molar-refractivity contribution in [2.45, 2.75) is 12.5 Å².